The summed E-state index contributed by atoms with van der Waals surface area (Å²) in [5.41, 5.74) is 4.66. The second-order valence-electron chi connectivity index (χ2n) is 9.29. The fraction of sp³-hybridized carbons (Fsp3) is 0.577. The van der Waals surface area contributed by atoms with Crippen LogP contribution in [-0.2, 0) is 16.0 Å². The third-order valence-corrected chi connectivity index (χ3v) is 7.18. The molecule has 1 aliphatic carbocycles. The molecule has 1 aliphatic heterocycles. The molecule has 7 heteroatoms. The molecule has 0 spiro atoms. The molecular weight excluding hydrogens is 416 g/mol. The van der Waals surface area contributed by atoms with E-state index < -0.39 is 0 Å². The first-order chi connectivity index (χ1) is 15.9. The highest BCUT2D eigenvalue weighted by Gasteiger charge is 2.38. The number of benzene rings is 1. The number of nitrogens with zero attached hydrogens (tertiary/aromatic N) is 4. The van der Waals surface area contributed by atoms with E-state index in [-0.39, 0.29) is 11.9 Å². The predicted octanol–water partition coefficient (Wildman–Crippen LogP) is 3.68. The molecule has 4 rings (SSSR count). The molecule has 2 aliphatic rings. The minimum absolute atomic E-state index is 0.158. The molecule has 1 saturated heterocycles. The monoisotopic (exact) mass is 452 g/mol. The highest BCUT2D eigenvalue weighted by molar-refractivity contribution is 5.95. The third-order valence-electron chi connectivity index (χ3n) is 7.18. The number of rotatable bonds is 8. The lowest BCUT2D eigenvalue weighted by atomic mass is 10.0. The Hall–Kier alpha value is -2.67. The van der Waals surface area contributed by atoms with Crippen LogP contribution in [0.15, 0.2) is 24.3 Å². The fourth-order valence-corrected chi connectivity index (χ4v) is 5.01. The zero-order chi connectivity index (χ0) is 23.5. The van der Waals surface area contributed by atoms with E-state index in [2.05, 4.69) is 21.8 Å². The number of likely N-dealkylation sites (tertiary alicyclic amines) is 1. The molecule has 178 valence electrons. The summed E-state index contributed by atoms with van der Waals surface area (Å²) >= 11 is 0. The van der Waals surface area contributed by atoms with Gasteiger partial charge in [-0.2, -0.15) is 5.10 Å². The van der Waals surface area contributed by atoms with Crippen molar-refractivity contribution in [3.05, 3.63) is 46.8 Å². The molecule has 2 fully saturated rings. The number of carbonyl (C=O) groups is 2. The van der Waals surface area contributed by atoms with Crippen molar-refractivity contribution >= 4 is 11.9 Å². The normalized spacial score (nSPS) is 17.2. The second-order valence-corrected chi connectivity index (χ2v) is 9.29. The summed E-state index contributed by atoms with van der Waals surface area (Å²) in [6.07, 6.45) is 5.32. The van der Waals surface area contributed by atoms with E-state index in [1.165, 1.54) is 7.11 Å². The largest absolute Gasteiger partial charge is 0.469 e. The van der Waals surface area contributed by atoms with Crippen LogP contribution in [0.4, 0.5) is 0 Å². The van der Waals surface area contributed by atoms with Crippen LogP contribution >= 0.6 is 0 Å². The molecule has 1 aromatic carbocycles. The predicted molar refractivity (Wildman–Crippen MR) is 128 cm³/mol. The van der Waals surface area contributed by atoms with Crippen LogP contribution in [0.5, 0.6) is 0 Å². The van der Waals surface area contributed by atoms with Crippen LogP contribution in [0.1, 0.15) is 66.3 Å². The van der Waals surface area contributed by atoms with Crippen molar-refractivity contribution in [3.8, 4) is 5.69 Å². The second kappa shape index (κ2) is 10.1. The maximum atomic E-state index is 13.5. The topological polar surface area (TPSA) is 67.7 Å². The molecule has 1 aromatic heterocycles. The Morgan fingerprint density at radius 1 is 1.06 bits per heavy atom. The van der Waals surface area contributed by atoms with Gasteiger partial charge in [-0.25, -0.2) is 4.68 Å². The van der Waals surface area contributed by atoms with E-state index in [0.717, 1.165) is 73.5 Å². The molecular formula is C26H36N4O3. The molecule has 2 aromatic rings. The Balaban J connectivity index is 1.49. The minimum atomic E-state index is -0.218. The fourth-order valence-electron chi connectivity index (χ4n) is 5.01. The summed E-state index contributed by atoms with van der Waals surface area (Å²) in [6.45, 7) is 9.42. The van der Waals surface area contributed by atoms with Gasteiger partial charge < -0.3 is 14.5 Å². The van der Waals surface area contributed by atoms with Crippen LogP contribution < -0.4 is 0 Å². The zero-order valence-corrected chi connectivity index (χ0v) is 20.3. The van der Waals surface area contributed by atoms with Gasteiger partial charge in [-0.05, 0) is 82.3 Å². The molecule has 0 atom stereocenters. The van der Waals surface area contributed by atoms with Crippen molar-refractivity contribution in [1.29, 1.82) is 0 Å². The van der Waals surface area contributed by atoms with Crippen LogP contribution in [0.25, 0.3) is 5.69 Å². The number of amides is 1. The number of piperidine rings is 1. The van der Waals surface area contributed by atoms with Crippen molar-refractivity contribution in [3.63, 3.8) is 0 Å². The summed E-state index contributed by atoms with van der Waals surface area (Å²) in [7, 11) is 1.41. The van der Waals surface area contributed by atoms with Crippen molar-refractivity contribution < 1.29 is 14.3 Å². The average molecular weight is 453 g/mol. The molecule has 1 saturated carbocycles. The molecule has 7 nitrogen and oxygen atoms in total. The third kappa shape index (κ3) is 5.13. The standard InChI is InChI=1S/C26H36N4O3/c1-5-28-16-14-22(15-17-28)29(21-10-11-21)26(32)20-6-8-23(9-7-20)30-19(3)24(18(2)27-30)12-13-25(31)33-4/h6-9,21-22H,5,10-17H2,1-4H3. The summed E-state index contributed by atoms with van der Waals surface area (Å²) < 4.78 is 6.67. The maximum absolute atomic E-state index is 13.5. The molecule has 0 unspecified atom stereocenters. The van der Waals surface area contributed by atoms with E-state index >= 15 is 0 Å². The van der Waals surface area contributed by atoms with Crippen LogP contribution in [0, 0.1) is 13.8 Å². The Morgan fingerprint density at radius 2 is 1.70 bits per heavy atom. The lowest BCUT2D eigenvalue weighted by Crippen LogP contribution is -2.48. The maximum Gasteiger partial charge on any atom is 0.305 e. The zero-order valence-electron chi connectivity index (χ0n) is 20.3. The van der Waals surface area contributed by atoms with Crippen LogP contribution in [-0.4, -0.2) is 70.3 Å². The Morgan fingerprint density at radius 3 is 2.27 bits per heavy atom. The van der Waals surface area contributed by atoms with Gasteiger partial charge in [0.25, 0.3) is 5.91 Å². The Kier molecular flexibility index (Phi) is 7.17. The van der Waals surface area contributed by atoms with E-state index in [0.29, 0.717) is 24.9 Å². The van der Waals surface area contributed by atoms with Crippen molar-refractivity contribution in [2.24, 2.45) is 0 Å². The van der Waals surface area contributed by atoms with Gasteiger partial charge in [0.15, 0.2) is 0 Å². The lowest BCUT2D eigenvalue weighted by Gasteiger charge is -2.38. The first kappa shape index (κ1) is 23.5. The molecule has 33 heavy (non-hydrogen) atoms. The highest BCUT2D eigenvalue weighted by Crippen LogP contribution is 2.33. The van der Waals surface area contributed by atoms with Gasteiger partial charge in [0, 0.05) is 42.9 Å². The van der Waals surface area contributed by atoms with Gasteiger partial charge in [-0.3, -0.25) is 9.59 Å². The lowest BCUT2D eigenvalue weighted by molar-refractivity contribution is -0.140. The number of aryl methyl sites for hydroxylation is 1. The van der Waals surface area contributed by atoms with Gasteiger partial charge in [0.2, 0.25) is 0 Å². The number of esters is 1. The van der Waals surface area contributed by atoms with Gasteiger partial charge in [-0.1, -0.05) is 6.92 Å². The molecule has 2 heterocycles. The van der Waals surface area contributed by atoms with Crippen molar-refractivity contribution in [2.75, 3.05) is 26.7 Å². The van der Waals surface area contributed by atoms with Crippen LogP contribution in [0.3, 0.4) is 0 Å². The smallest absolute Gasteiger partial charge is 0.305 e. The summed E-state index contributed by atoms with van der Waals surface area (Å²) in [4.78, 5) is 29.7. The minimum Gasteiger partial charge on any atom is -0.469 e. The van der Waals surface area contributed by atoms with Crippen molar-refractivity contribution in [1.82, 2.24) is 19.6 Å². The highest BCUT2D eigenvalue weighted by atomic mass is 16.5. The SMILES string of the molecule is CCN1CCC(N(C(=O)c2ccc(-n3nc(C)c(CCC(=O)OC)c3C)cc2)C2CC2)CC1. The molecule has 1 amide bonds. The quantitative estimate of drug-likeness (QED) is 0.572. The van der Waals surface area contributed by atoms with E-state index in [1.807, 2.05) is 42.8 Å². The van der Waals surface area contributed by atoms with E-state index in [9.17, 15) is 9.59 Å². The average Bonchev–Trinajstić information content (AvgIpc) is 3.63. The number of hydrogen-bond donors (Lipinski definition) is 0. The van der Waals surface area contributed by atoms with E-state index in [1.54, 1.807) is 0 Å². The first-order valence-corrected chi connectivity index (χ1v) is 12.2. The van der Waals surface area contributed by atoms with E-state index in [4.69, 9.17) is 4.74 Å². The number of hydrogen-bond acceptors (Lipinski definition) is 5. The van der Waals surface area contributed by atoms with Crippen LogP contribution in [0.2, 0.25) is 0 Å². The first-order valence-electron chi connectivity index (χ1n) is 12.2. The molecule has 0 bridgehead atoms. The number of aromatic nitrogens is 2. The van der Waals surface area contributed by atoms with Gasteiger partial charge in [0.1, 0.15) is 0 Å². The van der Waals surface area contributed by atoms with Gasteiger partial charge >= 0.3 is 5.97 Å². The Bertz CT molecular complexity index is 986. The van der Waals surface area contributed by atoms with Crippen molar-refractivity contribution in [2.45, 2.75) is 71.4 Å². The number of carbonyl (C=O) groups excluding carboxylic acids is 2. The summed E-state index contributed by atoms with van der Waals surface area (Å²) in [6, 6.07) is 8.56. The number of ether oxygens (including phenoxy) is 1. The Labute approximate surface area is 196 Å². The summed E-state index contributed by atoms with van der Waals surface area (Å²) in [5, 5.41) is 4.69. The van der Waals surface area contributed by atoms with Gasteiger partial charge in [0.05, 0.1) is 18.5 Å². The molecule has 0 radical (unpaired) electrons. The van der Waals surface area contributed by atoms with Gasteiger partial charge in [-0.15, -0.1) is 0 Å². The number of methoxy groups -OCH3 is 1. The molecule has 0 N–H and O–H groups in total. The summed E-state index contributed by atoms with van der Waals surface area (Å²) in [5.74, 6) is -0.0591.